The number of nitrogens with one attached hydrogen (secondary N) is 1. The Kier molecular flexibility index (Phi) is 6.76. The van der Waals surface area contributed by atoms with Gasteiger partial charge in [-0.2, -0.15) is 0 Å². The highest BCUT2D eigenvalue weighted by atomic mass is 16.6. The summed E-state index contributed by atoms with van der Waals surface area (Å²) >= 11 is 0. The molecule has 7 heteroatoms. The molecule has 0 unspecified atom stereocenters. The number of nitro groups is 1. The van der Waals surface area contributed by atoms with E-state index in [1.54, 1.807) is 19.2 Å². The van der Waals surface area contributed by atoms with Crippen molar-refractivity contribution in [2.75, 3.05) is 19.0 Å². The van der Waals surface area contributed by atoms with Crippen LogP contribution in [0.5, 0.6) is 5.75 Å². The van der Waals surface area contributed by atoms with Gasteiger partial charge in [0.15, 0.2) is 5.96 Å². The Hall–Kier alpha value is -3.09. The van der Waals surface area contributed by atoms with Crippen molar-refractivity contribution < 1.29 is 9.66 Å². The maximum absolute atomic E-state index is 10.6. The van der Waals surface area contributed by atoms with Crippen LogP contribution in [0.25, 0.3) is 0 Å². The first-order valence-electron chi connectivity index (χ1n) is 8.03. The van der Waals surface area contributed by atoms with E-state index in [0.29, 0.717) is 18.3 Å². The molecule has 0 aliphatic carbocycles. The quantitative estimate of drug-likeness (QED) is 0.252. The van der Waals surface area contributed by atoms with Gasteiger partial charge in [-0.25, -0.2) is 0 Å². The van der Waals surface area contributed by atoms with Crippen molar-refractivity contribution in [3.8, 4) is 5.75 Å². The van der Waals surface area contributed by atoms with Gasteiger partial charge in [0.1, 0.15) is 5.75 Å². The molecule has 25 heavy (non-hydrogen) atoms. The third kappa shape index (κ3) is 5.80. The van der Waals surface area contributed by atoms with Crippen molar-refractivity contribution in [1.29, 1.82) is 0 Å². The van der Waals surface area contributed by atoms with Gasteiger partial charge in [-0.15, -0.1) is 0 Å². The second-order valence-electron chi connectivity index (χ2n) is 5.47. The lowest BCUT2D eigenvalue weighted by atomic mass is 10.1. The number of nitrogens with zero attached hydrogens (tertiary/aromatic N) is 2. The van der Waals surface area contributed by atoms with Crippen molar-refractivity contribution >= 4 is 17.3 Å². The van der Waals surface area contributed by atoms with Crippen LogP contribution >= 0.6 is 0 Å². The number of nitro benzene ring substituents is 1. The first kappa shape index (κ1) is 18.3. The summed E-state index contributed by atoms with van der Waals surface area (Å²) in [5.74, 6) is 1.05. The van der Waals surface area contributed by atoms with E-state index in [9.17, 15) is 10.1 Å². The number of anilines is 1. The molecular weight excluding hydrogens is 320 g/mol. The molecule has 0 atom stereocenters. The topological polar surface area (TPSA) is 103 Å². The summed E-state index contributed by atoms with van der Waals surface area (Å²) in [6, 6.07) is 14.1. The van der Waals surface area contributed by atoms with Crippen LogP contribution in [0.4, 0.5) is 11.4 Å². The average molecular weight is 342 g/mol. The molecule has 0 saturated carbocycles. The molecular formula is C18H22N4O3. The van der Waals surface area contributed by atoms with E-state index >= 15 is 0 Å². The third-order valence-corrected chi connectivity index (χ3v) is 3.67. The van der Waals surface area contributed by atoms with E-state index in [1.165, 1.54) is 12.1 Å². The fraction of sp³-hybridized carbons (Fsp3) is 0.278. The number of non-ortho nitro benzene ring substituents is 1. The minimum absolute atomic E-state index is 0.114. The molecule has 0 aliphatic heterocycles. The zero-order valence-corrected chi connectivity index (χ0v) is 14.1. The second-order valence-corrected chi connectivity index (χ2v) is 5.47. The summed E-state index contributed by atoms with van der Waals surface area (Å²) in [4.78, 5) is 14.5. The lowest BCUT2D eigenvalue weighted by Gasteiger charge is -2.10. The van der Waals surface area contributed by atoms with E-state index in [-0.39, 0.29) is 5.69 Å². The first-order valence-corrected chi connectivity index (χ1v) is 8.03. The van der Waals surface area contributed by atoms with Crippen molar-refractivity contribution in [2.45, 2.75) is 19.3 Å². The zero-order chi connectivity index (χ0) is 18.1. The van der Waals surface area contributed by atoms with Crippen LogP contribution in [-0.2, 0) is 6.42 Å². The Balaban J connectivity index is 1.74. The molecule has 2 aromatic carbocycles. The summed E-state index contributed by atoms with van der Waals surface area (Å²) in [5.41, 5.74) is 7.86. The van der Waals surface area contributed by atoms with Crippen LogP contribution in [0, 0.1) is 10.1 Å². The smallest absolute Gasteiger partial charge is 0.269 e. The summed E-state index contributed by atoms with van der Waals surface area (Å²) in [6.45, 7) is 0.612. The summed E-state index contributed by atoms with van der Waals surface area (Å²) < 4.78 is 5.25. The van der Waals surface area contributed by atoms with E-state index in [1.807, 2.05) is 24.3 Å². The molecule has 0 amide bonds. The van der Waals surface area contributed by atoms with Crippen LogP contribution in [-0.4, -0.2) is 24.5 Å². The maximum atomic E-state index is 10.6. The molecule has 0 fully saturated rings. The number of aliphatic imine (C=N–C) groups is 1. The predicted octanol–water partition coefficient (Wildman–Crippen LogP) is 3.35. The molecule has 0 aromatic heterocycles. The molecule has 7 nitrogen and oxygen atoms in total. The number of rotatable bonds is 8. The van der Waals surface area contributed by atoms with Crippen molar-refractivity contribution in [2.24, 2.45) is 10.7 Å². The molecule has 0 saturated heterocycles. The van der Waals surface area contributed by atoms with E-state index in [0.717, 1.165) is 30.5 Å². The predicted molar refractivity (Wildman–Crippen MR) is 99.1 cm³/mol. The lowest BCUT2D eigenvalue weighted by Crippen LogP contribution is -2.23. The van der Waals surface area contributed by atoms with Crippen molar-refractivity contribution in [3.63, 3.8) is 0 Å². The maximum Gasteiger partial charge on any atom is 0.269 e. The average Bonchev–Trinajstić information content (AvgIpc) is 2.62. The SMILES string of the molecule is COc1ccccc1NC(N)=NCCCCc1ccc([N+](=O)[O-])cc1. The third-order valence-electron chi connectivity index (χ3n) is 3.67. The number of ether oxygens (including phenoxy) is 1. The van der Waals surface area contributed by atoms with Gasteiger partial charge in [-0.05, 0) is 37.0 Å². The van der Waals surface area contributed by atoms with Crippen LogP contribution in [0.2, 0.25) is 0 Å². The van der Waals surface area contributed by atoms with Gasteiger partial charge in [0.2, 0.25) is 0 Å². The second kappa shape index (κ2) is 9.27. The summed E-state index contributed by atoms with van der Waals surface area (Å²) in [6.07, 6.45) is 2.67. The summed E-state index contributed by atoms with van der Waals surface area (Å²) in [7, 11) is 1.60. The standard InChI is InChI=1S/C18H22N4O3/c1-25-17-8-3-2-7-16(17)21-18(19)20-13-5-4-6-14-9-11-15(12-10-14)22(23)24/h2-3,7-12H,4-6,13H2,1H3,(H3,19,20,21). The Morgan fingerprint density at radius 3 is 2.60 bits per heavy atom. The molecule has 0 heterocycles. The number of benzene rings is 2. The summed E-state index contributed by atoms with van der Waals surface area (Å²) in [5, 5.41) is 13.6. The van der Waals surface area contributed by atoms with Crippen LogP contribution < -0.4 is 15.8 Å². The number of hydrogen-bond acceptors (Lipinski definition) is 4. The Morgan fingerprint density at radius 2 is 1.92 bits per heavy atom. The molecule has 2 rings (SSSR count). The largest absolute Gasteiger partial charge is 0.495 e. The highest BCUT2D eigenvalue weighted by molar-refractivity contribution is 5.93. The molecule has 0 radical (unpaired) electrons. The molecule has 0 spiro atoms. The number of para-hydroxylation sites is 2. The minimum Gasteiger partial charge on any atom is -0.495 e. The van der Waals surface area contributed by atoms with E-state index < -0.39 is 4.92 Å². The van der Waals surface area contributed by atoms with Gasteiger partial charge >= 0.3 is 0 Å². The normalized spacial score (nSPS) is 11.2. The molecule has 0 bridgehead atoms. The van der Waals surface area contributed by atoms with Gasteiger partial charge in [-0.1, -0.05) is 24.3 Å². The van der Waals surface area contributed by atoms with Crippen LogP contribution in [0.1, 0.15) is 18.4 Å². The van der Waals surface area contributed by atoms with Crippen LogP contribution in [0.3, 0.4) is 0 Å². The Labute approximate surface area is 146 Å². The van der Waals surface area contributed by atoms with Gasteiger partial charge in [0.25, 0.3) is 5.69 Å². The van der Waals surface area contributed by atoms with Crippen molar-refractivity contribution in [3.05, 3.63) is 64.2 Å². The van der Waals surface area contributed by atoms with Crippen molar-refractivity contribution in [1.82, 2.24) is 0 Å². The fourth-order valence-corrected chi connectivity index (χ4v) is 2.35. The van der Waals surface area contributed by atoms with Crippen LogP contribution in [0.15, 0.2) is 53.5 Å². The number of unbranched alkanes of at least 4 members (excludes halogenated alkanes) is 1. The zero-order valence-electron chi connectivity index (χ0n) is 14.1. The minimum atomic E-state index is -0.393. The molecule has 0 aliphatic rings. The highest BCUT2D eigenvalue weighted by Gasteiger charge is 2.04. The number of nitrogens with two attached hydrogens (primary N) is 1. The van der Waals surface area contributed by atoms with E-state index in [4.69, 9.17) is 10.5 Å². The monoisotopic (exact) mass is 342 g/mol. The molecule has 132 valence electrons. The van der Waals surface area contributed by atoms with Gasteiger partial charge in [0.05, 0.1) is 17.7 Å². The number of methoxy groups -OCH3 is 1. The first-order chi connectivity index (χ1) is 12.1. The fourth-order valence-electron chi connectivity index (χ4n) is 2.35. The number of hydrogen-bond donors (Lipinski definition) is 2. The van der Waals surface area contributed by atoms with E-state index in [2.05, 4.69) is 10.3 Å². The highest BCUT2D eigenvalue weighted by Crippen LogP contribution is 2.22. The van der Waals surface area contributed by atoms with Gasteiger partial charge in [-0.3, -0.25) is 15.1 Å². The lowest BCUT2D eigenvalue weighted by molar-refractivity contribution is -0.384. The van der Waals surface area contributed by atoms with Gasteiger partial charge in [0, 0.05) is 18.7 Å². The Morgan fingerprint density at radius 1 is 1.20 bits per heavy atom. The number of aryl methyl sites for hydroxylation is 1. The molecule has 2 aromatic rings. The number of guanidine groups is 1. The molecule has 3 N–H and O–H groups in total. The Bertz CT molecular complexity index is 729. The van der Waals surface area contributed by atoms with Gasteiger partial charge < -0.3 is 15.8 Å².